The maximum absolute atomic E-state index is 12.6. The normalized spacial score (nSPS) is 21.1. The summed E-state index contributed by atoms with van der Waals surface area (Å²) in [7, 11) is 0. The highest BCUT2D eigenvalue weighted by Gasteiger charge is 2.54. The molecule has 1 aromatic heterocycles. The number of ether oxygens (including phenoxy) is 1. The second-order valence-corrected chi connectivity index (χ2v) is 8.01. The minimum atomic E-state index is -1.28. The fourth-order valence-corrected chi connectivity index (χ4v) is 4.82. The van der Waals surface area contributed by atoms with Gasteiger partial charge < -0.3 is 15.2 Å². The van der Waals surface area contributed by atoms with Gasteiger partial charge in [-0.15, -0.1) is 11.8 Å². The van der Waals surface area contributed by atoms with Gasteiger partial charge in [0, 0.05) is 24.8 Å². The standard InChI is InChI=1S/C16H17BrN4O6S/c1-3-20-12(9(17)4-18-20)13(23)19-10-14(24)21-11(16(25)26)8(5-27-7(2)22)6-28-15(10)21/h4,10,15H,3,5-6H2,1-2H3,(H,19,23)(H,25,26). The summed E-state index contributed by atoms with van der Waals surface area (Å²) >= 11 is 4.57. The minimum Gasteiger partial charge on any atom is -0.477 e. The summed E-state index contributed by atoms with van der Waals surface area (Å²) in [5.41, 5.74) is 0.438. The van der Waals surface area contributed by atoms with Crippen LogP contribution in [0.1, 0.15) is 24.3 Å². The van der Waals surface area contributed by atoms with Crippen molar-refractivity contribution < 1.29 is 29.0 Å². The molecule has 28 heavy (non-hydrogen) atoms. The molecule has 1 aromatic rings. The Morgan fingerprint density at radius 2 is 2.18 bits per heavy atom. The van der Waals surface area contributed by atoms with Gasteiger partial charge in [-0.05, 0) is 22.9 Å². The van der Waals surface area contributed by atoms with Crippen molar-refractivity contribution in [1.29, 1.82) is 0 Å². The van der Waals surface area contributed by atoms with Crippen molar-refractivity contribution in [2.75, 3.05) is 12.4 Å². The van der Waals surface area contributed by atoms with E-state index >= 15 is 0 Å². The van der Waals surface area contributed by atoms with E-state index in [0.717, 1.165) is 4.90 Å². The second-order valence-electron chi connectivity index (χ2n) is 6.06. The van der Waals surface area contributed by atoms with Gasteiger partial charge in [-0.3, -0.25) is 24.0 Å². The molecule has 0 saturated carbocycles. The predicted molar refractivity (Wildman–Crippen MR) is 101 cm³/mol. The number of hydrogen-bond donors (Lipinski definition) is 2. The molecule has 12 heteroatoms. The highest BCUT2D eigenvalue weighted by Crippen LogP contribution is 2.40. The van der Waals surface area contributed by atoms with Crippen molar-refractivity contribution in [2.24, 2.45) is 0 Å². The average molecular weight is 473 g/mol. The first-order valence-electron chi connectivity index (χ1n) is 8.31. The number of aryl methyl sites for hydroxylation is 1. The van der Waals surface area contributed by atoms with Crippen molar-refractivity contribution >= 4 is 51.4 Å². The molecule has 2 atom stereocenters. The second kappa shape index (κ2) is 7.95. The number of halogens is 1. The SMILES string of the molecule is CCn1ncc(Br)c1C(=O)NC1C(=O)N2C(C(=O)O)=C(COC(C)=O)CSC12. The number of amides is 2. The molecule has 3 rings (SSSR count). The number of carboxylic acid groups (broad SMARTS) is 1. The monoisotopic (exact) mass is 472 g/mol. The van der Waals surface area contributed by atoms with Crippen LogP contribution < -0.4 is 5.32 Å². The van der Waals surface area contributed by atoms with Crippen LogP contribution in [-0.4, -0.2) is 67.3 Å². The number of carbonyl (C=O) groups excluding carboxylic acids is 3. The third kappa shape index (κ3) is 3.53. The number of aliphatic carboxylic acids is 1. The fourth-order valence-electron chi connectivity index (χ4n) is 3.02. The van der Waals surface area contributed by atoms with Crippen molar-refractivity contribution in [3.05, 3.63) is 27.6 Å². The Hall–Kier alpha value is -2.34. The van der Waals surface area contributed by atoms with Gasteiger partial charge in [-0.1, -0.05) is 0 Å². The quantitative estimate of drug-likeness (QED) is 0.453. The molecule has 10 nitrogen and oxygen atoms in total. The minimum absolute atomic E-state index is 0.194. The van der Waals surface area contributed by atoms with Gasteiger partial charge in [0.2, 0.25) is 0 Å². The summed E-state index contributed by atoms with van der Waals surface area (Å²) in [6, 6.07) is -0.853. The Morgan fingerprint density at radius 3 is 2.79 bits per heavy atom. The Bertz CT molecular complexity index is 898. The van der Waals surface area contributed by atoms with Gasteiger partial charge in [0.05, 0.1) is 10.7 Å². The van der Waals surface area contributed by atoms with E-state index in [4.69, 9.17) is 4.74 Å². The summed E-state index contributed by atoms with van der Waals surface area (Å²) in [5, 5.41) is 15.7. The number of nitrogens with one attached hydrogen (secondary N) is 1. The summed E-state index contributed by atoms with van der Waals surface area (Å²) < 4.78 is 6.88. The van der Waals surface area contributed by atoms with E-state index in [1.807, 2.05) is 6.92 Å². The zero-order chi connectivity index (χ0) is 20.6. The van der Waals surface area contributed by atoms with Gasteiger partial charge in [0.25, 0.3) is 11.8 Å². The lowest BCUT2D eigenvalue weighted by molar-refractivity contribution is -0.149. The maximum atomic E-state index is 12.6. The first-order chi connectivity index (χ1) is 13.3. The van der Waals surface area contributed by atoms with E-state index in [9.17, 15) is 24.3 Å². The zero-order valence-electron chi connectivity index (χ0n) is 15.0. The van der Waals surface area contributed by atoms with E-state index in [-0.39, 0.29) is 18.1 Å². The number of carboxylic acids is 1. The van der Waals surface area contributed by atoms with Crippen LogP contribution in [0.25, 0.3) is 0 Å². The molecule has 2 amide bonds. The van der Waals surface area contributed by atoms with Crippen molar-refractivity contribution in [3.63, 3.8) is 0 Å². The molecule has 2 aliphatic heterocycles. The lowest BCUT2D eigenvalue weighted by atomic mass is 10.0. The number of fused-ring (bicyclic) bond motifs is 1. The summed E-state index contributed by atoms with van der Waals surface area (Å²) in [5.74, 6) is -2.55. The molecule has 1 saturated heterocycles. The fraction of sp³-hybridized carbons (Fsp3) is 0.438. The molecule has 1 fully saturated rings. The average Bonchev–Trinajstić information content (AvgIpc) is 3.03. The van der Waals surface area contributed by atoms with Crippen LogP contribution in [0.5, 0.6) is 0 Å². The van der Waals surface area contributed by atoms with E-state index < -0.39 is 35.2 Å². The maximum Gasteiger partial charge on any atom is 0.352 e. The van der Waals surface area contributed by atoms with Crippen LogP contribution in [0.4, 0.5) is 0 Å². The molecule has 3 heterocycles. The molecule has 150 valence electrons. The number of thioether (sulfide) groups is 1. The number of esters is 1. The van der Waals surface area contributed by atoms with E-state index in [1.54, 1.807) is 0 Å². The zero-order valence-corrected chi connectivity index (χ0v) is 17.4. The van der Waals surface area contributed by atoms with Crippen molar-refractivity contribution in [3.8, 4) is 0 Å². The molecule has 0 bridgehead atoms. The van der Waals surface area contributed by atoms with E-state index in [0.29, 0.717) is 22.3 Å². The number of nitrogens with zero attached hydrogens (tertiary/aromatic N) is 3. The third-order valence-corrected chi connectivity index (χ3v) is 6.22. The first-order valence-corrected chi connectivity index (χ1v) is 10.2. The Balaban J connectivity index is 1.78. The van der Waals surface area contributed by atoms with Gasteiger partial charge in [-0.2, -0.15) is 5.10 Å². The third-order valence-electron chi connectivity index (χ3n) is 4.30. The molecule has 2 N–H and O–H groups in total. The molecule has 2 unspecified atom stereocenters. The van der Waals surface area contributed by atoms with E-state index in [1.165, 1.54) is 29.6 Å². The van der Waals surface area contributed by atoms with Crippen LogP contribution >= 0.6 is 27.7 Å². The number of carbonyl (C=O) groups is 4. The van der Waals surface area contributed by atoms with Gasteiger partial charge in [0.1, 0.15) is 29.4 Å². The Kier molecular flexibility index (Phi) is 5.79. The number of aromatic nitrogens is 2. The smallest absolute Gasteiger partial charge is 0.352 e. The molecule has 0 aromatic carbocycles. The lowest BCUT2D eigenvalue weighted by Gasteiger charge is -2.49. The molecule has 2 aliphatic rings. The number of rotatable bonds is 6. The molecular weight excluding hydrogens is 456 g/mol. The Morgan fingerprint density at radius 1 is 1.46 bits per heavy atom. The number of β-lactam (4-membered cyclic amide) rings is 1. The lowest BCUT2D eigenvalue weighted by Crippen LogP contribution is -2.70. The van der Waals surface area contributed by atoms with Crippen molar-refractivity contribution in [2.45, 2.75) is 31.8 Å². The first kappa shape index (κ1) is 20.4. The van der Waals surface area contributed by atoms with Crippen LogP contribution in [0.3, 0.4) is 0 Å². The van der Waals surface area contributed by atoms with E-state index in [2.05, 4.69) is 26.3 Å². The van der Waals surface area contributed by atoms with Gasteiger partial charge >= 0.3 is 11.9 Å². The Labute approximate surface area is 172 Å². The highest BCUT2D eigenvalue weighted by atomic mass is 79.9. The highest BCUT2D eigenvalue weighted by molar-refractivity contribution is 9.10. The van der Waals surface area contributed by atoms with Crippen LogP contribution in [0.2, 0.25) is 0 Å². The van der Waals surface area contributed by atoms with Gasteiger partial charge in [0.15, 0.2) is 0 Å². The summed E-state index contributed by atoms with van der Waals surface area (Å²) in [6.07, 6.45) is 1.50. The summed E-state index contributed by atoms with van der Waals surface area (Å²) in [4.78, 5) is 49.0. The van der Waals surface area contributed by atoms with Gasteiger partial charge in [-0.25, -0.2) is 4.79 Å². The van der Waals surface area contributed by atoms with Crippen LogP contribution in [0.15, 0.2) is 21.9 Å². The molecule has 0 spiro atoms. The molecule has 0 radical (unpaired) electrons. The summed E-state index contributed by atoms with van der Waals surface area (Å²) in [6.45, 7) is 3.33. The largest absolute Gasteiger partial charge is 0.477 e. The predicted octanol–water partition coefficient (Wildman–Crippen LogP) is 0.581. The topological polar surface area (TPSA) is 131 Å². The van der Waals surface area contributed by atoms with Crippen LogP contribution in [-0.2, 0) is 25.7 Å². The molecule has 0 aliphatic carbocycles. The van der Waals surface area contributed by atoms with Crippen molar-refractivity contribution in [1.82, 2.24) is 20.0 Å². The van der Waals surface area contributed by atoms with Crippen LogP contribution in [0, 0.1) is 0 Å². The molecular formula is C16H17BrN4O6S. The number of hydrogen-bond acceptors (Lipinski definition) is 7.